The third kappa shape index (κ3) is 4.23. The fourth-order valence-corrected chi connectivity index (χ4v) is 1.46. The van der Waals surface area contributed by atoms with Gasteiger partial charge in [-0.25, -0.2) is 0 Å². The molecule has 1 heterocycles. The van der Waals surface area contributed by atoms with Crippen LogP contribution in [0.5, 0.6) is 0 Å². The van der Waals surface area contributed by atoms with Crippen molar-refractivity contribution in [2.24, 2.45) is 5.92 Å². The molecule has 80 valence electrons. The molecule has 1 aliphatic rings. The first kappa shape index (κ1) is 11.0. The van der Waals surface area contributed by atoms with Crippen LogP contribution in [0.3, 0.4) is 0 Å². The maximum Gasteiger partial charge on any atom is 0.322 e. The Bertz CT molecular complexity index is 211. The number of amides is 1. The van der Waals surface area contributed by atoms with Crippen molar-refractivity contribution in [2.75, 3.05) is 19.8 Å². The van der Waals surface area contributed by atoms with Gasteiger partial charge in [-0.2, -0.15) is 0 Å². The van der Waals surface area contributed by atoms with Crippen LogP contribution < -0.4 is 5.32 Å². The number of rotatable bonds is 4. The minimum Gasteiger partial charge on any atom is -0.480 e. The molecule has 0 radical (unpaired) electrons. The van der Waals surface area contributed by atoms with E-state index in [1.165, 1.54) is 0 Å². The van der Waals surface area contributed by atoms with Gasteiger partial charge in [-0.05, 0) is 18.8 Å². The van der Waals surface area contributed by atoms with Gasteiger partial charge in [0.2, 0.25) is 5.91 Å². The predicted octanol–water partition coefficient (Wildman–Crippen LogP) is 0.00390. The molecule has 0 aromatic carbocycles. The number of hydrogen-bond donors (Lipinski definition) is 2. The van der Waals surface area contributed by atoms with Gasteiger partial charge in [0.15, 0.2) is 0 Å². The quantitative estimate of drug-likeness (QED) is 0.671. The molecular weight excluding hydrogens is 186 g/mol. The number of ether oxygens (including phenoxy) is 1. The summed E-state index contributed by atoms with van der Waals surface area (Å²) < 4.78 is 5.15. The van der Waals surface area contributed by atoms with Crippen molar-refractivity contribution in [2.45, 2.75) is 19.3 Å². The van der Waals surface area contributed by atoms with Gasteiger partial charge >= 0.3 is 5.97 Å². The number of carbonyl (C=O) groups is 2. The fourth-order valence-electron chi connectivity index (χ4n) is 1.46. The Morgan fingerprint density at radius 3 is 2.57 bits per heavy atom. The molecule has 0 aromatic heterocycles. The smallest absolute Gasteiger partial charge is 0.322 e. The van der Waals surface area contributed by atoms with E-state index in [4.69, 9.17) is 9.84 Å². The highest BCUT2D eigenvalue weighted by atomic mass is 16.5. The molecule has 0 aliphatic carbocycles. The van der Waals surface area contributed by atoms with E-state index in [0.717, 1.165) is 12.8 Å². The lowest BCUT2D eigenvalue weighted by atomic mass is 9.96. The Balaban J connectivity index is 2.15. The predicted molar refractivity (Wildman–Crippen MR) is 48.8 cm³/mol. The van der Waals surface area contributed by atoms with Crippen LogP contribution in [-0.2, 0) is 14.3 Å². The fraction of sp³-hybridized carbons (Fsp3) is 0.778. The average Bonchev–Trinajstić information content (AvgIpc) is 2.16. The summed E-state index contributed by atoms with van der Waals surface area (Å²) in [6, 6.07) is 0. The molecule has 0 saturated carbocycles. The minimum atomic E-state index is -1.01. The van der Waals surface area contributed by atoms with E-state index in [1.807, 2.05) is 0 Å². The molecule has 0 atom stereocenters. The second-order valence-corrected chi connectivity index (χ2v) is 3.43. The molecule has 14 heavy (non-hydrogen) atoms. The average molecular weight is 201 g/mol. The standard InChI is InChI=1S/C9H15NO4/c11-8(10-6-9(12)13)5-7-1-3-14-4-2-7/h7H,1-6H2,(H,10,11)(H,12,13). The van der Waals surface area contributed by atoms with E-state index in [0.29, 0.717) is 25.6 Å². The highest BCUT2D eigenvalue weighted by molar-refractivity contribution is 5.81. The van der Waals surface area contributed by atoms with Gasteiger partial charge in [0.1, 0.15) is 6.54 Å². The molecule has 0 spiro atoms. The van der Waals surface area contributed by atoms with Crippen molar-refractivity contribution in [1.82, 2.24) is 5.32 Å². The zero-order valence-corrected chi connectivity index (χ0v) is 7.99. The first-order valence-corrected chi connectivity index (χ1v) is 4.74. The molecular formula is C9H15NO4. The van der Waals surface area contributed by atoms with Gasteiger partial charge in [-0.3, -0.25) is 9.59 Å². The van der Waals surface area contributed by atoms with Gasteiger partial charge in [-0.1, -0.05) is 0 Å². The summed E-state index contributed by atoms with van der Waals surface area (Å²) in [6.07, 6.45) is 2.19. The number of hydrogen-bond acceptors (Lipinski definition) is 3. The SMILES string of the molecule is O=C(O)CNC(=O)CC1CCOCC1. The van der Waals surface area contributed by atoms with Crippen LogP contribution in [0, 0.1) is 5.92 Å². The molecule has 1 fully saturated rings. The van der Waals surface area contributed by atoms with E-state index < -0.39 is 5.97 Å². The third-order valence-electron chi connectivity index (χ3n) is 2.25. The third-order valence-corrected chi connectivity index (χ3v) is 2.25. The summed E-state index contributed by atoms with van der Waals surface area (Å²) >= 11 is 0. The number of carbonyl (C=O) groups excluding carboxylic acids is 1. The lowest BCUT2D eigenvalue weighted by molar-refractivity contribution is -0.138. The van der Waals surface area contributed by atoms with Gasteiger partial charge in [0.05, 0.1) is 0 Å². The zero-order chi connectivity index (χ0) is 10.4. The van der Waals surface area contributed by atoms with E-state index in [2.05, 4.69) is 5.32 Å². The van der Waals surface area contributed by atoms with Crippen LogP contribution in [0.15, 0.2) is 0 Å². The lowest BCUT2D eigenvalue weighted by Crippen LogP contribution is -2.31. The van der Waals surface area contributed by atoms with Crippen LogP contribution >= 0.6 is 0 Å². The number of aliphatic carboxylic acids is 1. The summed E-state index contributed by atoms with van der Waals surface area (Å²) in [6.45, 7) is 1.12. The molecule has 1 saturated heterocycles. The molecule has 1 aliphatic heterocycles. The minimum absolute atomic E-state index is 0.181. The van der Waals surface area contributed by atoms with Crippen molar-refractivity contribution >= 4 is 11.9 Å². The summed E-state index contributed by atoms with van der Waals surface area (Å²) in [4.78, 5) is 21.4. The van der Waals surface area contributed by atoms with Crippen molar-refractivity contribution in [3.63, 3.8) is 0 Å². The number of carboxylic acids is 1. The molecule has 0 unspecified atom stereocenters. The molecule has 5 heteroatoms. The normalized spacial score (nSPS) is 17.7. The Hall–Kier alpha value is -1.10. The molecule has 5 nitrogen and oxygen atoms in total. The summed E-state index contributed by atoms with van der Waals surface area (Å²) in [5.74, 6) is -0.845. The maximum atomic E-state index is 11.2. The topological polar surface area (TPSA) is 75.6 Å². The molecule has 2 N–H and O–H groups in total. The highest BCUT2D eigenvalue weighted by Gasteiger charge is 2.17. The molecule has 0 bridgehead atoms. The first-order chi connectivity index (χ1) is 6.68. The van der Waals surface area contributed by atoms with Crippen molar-refractivity contribution in [1.29, 1.82) is 0 Å². The number of carboxylic acid groups (broad SMARTS) is 1. The van der Waals surface area contributed by atoms with Gasteiger partial charge in [0, 0.05) is 19.6 Å². The Morgan fingerprint density at radius 2 is 2.00 bits per heavy atom. The monoisotopic (exact) mass is 201 g/mol. The largest absolute Gasteiger partial charge is 0.480 e. The Morgan fingerprint density at radius 1 is 1.36 bits per heavy atom. The van der Waals surface area contributed by atoms with E-state index in [-0.39, 0.29) is 12.5 Å². The van der Waals surface area contributed by atoms with Crippen molar-refractivity contribution < 1.29 is 19.4 Å². The van der Waals surface area contributed by atoms with Crippen molar-refractivity contribution in [3.8, 4) is 0 Å². The molecule has 1 rings (SSSR count). The van der Waals surface area contributed by atoms with Crippen LogP contribution in [0.2, 0.25) is 0 Å². The van der Waals surface area contributed by atoms with E-state index in [9.17, 15) is 9.59 Å². The summed E-state index contributed by atoms with van der Waals surface area (Å²) in [5, 5.41) is 10.7. The van der Waals surface area contributed by atoms with E-state index in [1.54, 1.807) is 0 Å². The van der Waals surface area contributed by atoms with Crippen LogP contribution in [0.25, 0.3) is 0 Å². The van der Waals surface area contributed by atoms with Gasteiger partial charge in [0.25, 0.3) is 0 Å². The highest BCUT2D eigenvalue weighted by Crippen LogP contribution is 2.17. The zero-order valence-electron chi connectivity index (χ0n) is 7.99. The van der Waals surface area contributed by atoms with Crippen molar-refractivity contribution in [3.05, 3.63) is 0 Å². The van der Waals surface area contributed by atoms with Crippen LogP contribution in [0.1, 0.15) is 19.3 Å². The maximum absolute atomic E-state index is 11.2. The number of nitrogens with one attached hydrogen (secondary N) is 1. The van der Waals surface area contributed by atoms with Gasteiger partial charge in [-0.15, -0.1) is 0 Å². The summed E-state index contributed by atoms with van der Waals surface area (Å²) in [7, 11) is 0. The van der Waals surface area contributed by atoms with E-state index >= 15 is 0 Å². The lowest BCUT2D eigenvalue weighted by Gasteiger charge is -2.21. The first-order valence-electron chi connectivity index (χ1n) is 4.74. The second-order valence-electron chi connectivity index (χ2n) is 3.43. The molecule has 0 aromatic rings. The van der Waals surface area contributed by atoms with Gasteiger partial charge < -0.3 is 15.2 Å². The second kappa shape index (κ2) is 5.59. The van der Waals surface area contributed by atoms with Crippen LogP contribution in [-0.4, -0.2) is 36.7 Å². The summed E-state index contributed by atoms with van der Waals surface area (Å²) in [5.41, 5.74) is 0. The Kier molecular flexibility index (Phi) is 4.39. The Labute approximate surface area is 82.4 Å². The van der Waals surface area contributed by atoms with Crippen LogP contribution in [0.4, 0.5) is 0 Å². The molecule has 1 amide bonds.